The summed E-state index contributed by atoms with van der Waals surface area (Å²) < 4.78 is 62.5. The molecule has 1 fully saturated rings. The fraction of sp³-hybridized carbons (Fsp3) is 0.419. The van der Waals surface area contributed by atoms with Gasteiger partial charge in [0, 0.05) is 25.2 Å². The molecule has 1 N–H and O–H groups in total. The lowest BCUT2D eigenvalue weighted by molar-refractivity contribution is -0.114. The van der Waals surface area contributed by atoms with Crippen LogP contribution in [0.25, 0.3) is 0 Å². The molecule has 2 heterocycles. The maximum atomic E-state index is 17.4. The van der Waals surface area contributed by atoms with E-state index in [0.29, 0.717) is 22.6 Å². The number of rotatable bonds is 19. The number of anilines is 1. The van der Waals surface area contributed by atoms with Crippen molar-refractivity contribution in [1.82, 2.24) is 14.2 Å². The molecule has 0 saturated carbocycles. The standard InChI is InChI=1S/C43H51FN5O10P/c1-27(2)49(28(3)4)60(57-24-12-23-45)59-38-36(58-40(37(38)44)48-25-35(41(51)55-8)39(46-29(5)50)47-42(48)52)26-56-43(30-13-10-9-11-14-30,31-15-19-33(53-6)20-16-31)32-17-21-34(54-7)22-18-32/h9-11,13-22,25,27-28,36-38,40H,12,24,26H2,1-8H3,(H,46,47,50,52)/t36-,37?,38-,40-,60?/m1/s1. The molecule has 0 aliphatic carbocycles. The topological polar surface area (TPSA) is 173 Å². The van der Waals surface area contributed by atoms with Crippen molar-refractivity contribution in [3.8, 4) is 17.6 Å². The number of hydrogen-bond acceptors (Lipinski definition) is 13. The largest absolute Gasteiger partial charge is 0.497 e. The number of esters is 1. The molecule has 3 aromatic carbocycles. The van der Waals surface area contributed by atoms with Crippen molar-refractivity contribution < 1.29 is 46.7 Å². The monoisotopic (exact) mass is 847 g/mol. The molecule has 320 valence electrons. The van der Waals surface area contributed by atoms with Crippen molar-refractivity contribution in [1.29, 1.82) is 5.26 Å². The van der Waals surface area contributed by atoms with Gasteiger partial charge in [-0.05, 0) is 68.7 Å². The molecule has 0 spiro atoms. The van der Waals surface area contributed by atoms with Crippen molar-refractivity contribution in [2.24, 2.45) is 0 Å². The molecule has 2 unspecified atom stereocenters. The molecule has 5 rings (SSSR count). The summed E-state index contributed by atoms with van der Waals surface area (Å²) in [5, 5.41) is 11.7. The van der Waals surface area contributed by atoms with E-state index in [1.165, 1.54) is 6.92 Å². The summed E-state index contributed by atoms with van der Waals surface area (Å²) in [6.07, 6.45) is -5.34. The van der Waals surface area contributed by atoms with E-state index in [2.05, 4.69) is 16.4 Å². The van der Waals surface area contributed by atoms with Crippen LogP contribution in [0.15, 0.2) is 89.9 Å². The molecule has 5 atom stereocenters. The van der Waals surface area contributed by atoms with Crippen LogP contribution < -0.4 is 20.5 Å². The number of halogens is 1. The summed E-state index contributed by atoms with van der Waals surface area (Å²) in [6, 6.07) is 26.0. The predicted molar refractivity (Wildman–Crippen MR) is 221 cm³/mol. The SMILES string of the molecule is COC(=O)c1cn([C@@H]2O[C@H](COC(c3ccccc3)(c3ccc(OC)cc3)c3ccc(OC)cc3)[C@@H](OP(OCCC#N)N(C(C)C)C(C)C)C2F)c(=O)nc1NC(C)=O. The Morgan fingerprint density at radius 2 is 1.52 bits per heavy atom. The van der Waals surface area contributed by atoms with E-state index in [0.717, 1.165) is 23.4 Å². The molecule has 15 nitrogen and oxygen atoms in total. The van der Waals surface area contributed by atoms with Gasteiger partial charge in [0.05, 0.1) is 47.0 Å². The van der Waals surface area contributed by atoms with Gasteiger partial charge in [-0.15, -0.1) is 0 Å². The number of carbonyl (C=O) groups excluding carboxylic acids is 2. The van der Waals surface area contributed by atoms with Crippen LogP contribution in [0.2, 0.25) is 0 Å². The van der Waals surface area contributed by atoms with Crippen molar-refractivity contribution >= 4 is 26.2 Å². The van der Waals surface area contributed by atoms with Crippen LogP contribution in [0.4, 0.5) is 10.2 Å². The van der Waals surface area contributed by atoms with Crippen LogP contribution in [0.1, 0.15) is 74.3 Å². The smallest absolute Gasteiger partial charge is 0.351 e. The summed E-state index contributed by atoms with van der Waals surface area (Å²) in [5.41, 5.74) is -0.539. The third kappa shape index (κ3) is 10.2. The number of carbonyl (C=O) groups is 2. The molecular weight excluding hydrogens is 796 g/mol. The zero-order chi connectivity index (χ0) is 43.6. The predicted octanol–water partition coefficient (Wildman–Crippen LogP) is 6.91. The Balaban J connectivity index is 1.67. The van der Waals surface area contributed by atoms with Crippen LogP contribution in [0.5, 0.6) is 11.5 Å². The van der Waals surface area contributed by atoms with E-state index < -0.39 is 56.3 Å². The maximum Gasteiger partial charge on any atom is 0.351 e. The Bertz CT molecular complexity index is 2100. The quantitative estimate of drug-likeness (QED) is 0.0447. The lowest BCUT2D eigenvalue weighted by Crippen LogP contribution is -2.41. The van der Waals surface area contributed by atoms with Gasteiger partial charge >= 0.3 is 11.7 Å². The van der Waals surface area contributed by atoms with Crippen LogP contribution in [-0.4, -0.2) is 91.1 Å². The van der Waals surface area contributed by atoms with E-state index in [9.17, 15) is 19.6 Å². The van der Waals surface area contributed by atoms with E-state index in [4.69, 9.17) is 32.7 Å². The summed E-state index contributed by atoms with van der Waals surface area (Å²) in [4.78, 5) is 42.4. The molecule has 1 aromatic heterocycles. The van der Waals surface area contributed by atoms with Crippen molar-refractivity contribution in [3.05, 3.63) is 118 Å². The highest BCUT2D eigenvalue weighted by Gasteiger charge is 2.51. The Hall–Kier alpha value is -5.27. The van der Waals surface area contributed by atoms with Crippen LogP contribution in [-0.2, 0) is 33.7 Å². The Morgan fingerprint density at radius 1 is 0.950 bits per heavy atom. The van der Waals surface area contributed by atoms with Crippen LogP contribution >= 0.6 is 8.53 Å². The zero-order valence-electron chi connectivity index (χ0n) is 34.9. The lowest BCUT2D eigenvalue weighted by Gasteiger charge is -2.39. The Morgan fingerprint density at radius 3 is 2.02 bits per heavy atom. The number of ether oxygens (including phenoxy) is 5. The molecule has 1 aliphatic rings. The number of hydrogen-bond donors (Lipinski definition) is 1. The first-order valence-electron chi connectivity index (χ1n) is 19.3. The summed E-state index contributed by atoms with van der Waals surface area (Å²) in [5.74, 6) is -0.665. The van der Waals surface area contributed by atoms with E-state index >= 15 is 4.39 Å². The molecule has 0 bridgehead atoms. The number of benzene rings is 3. The highest BCUT2D eigenvalue weighted by Crippen LogP contribution is 2.51. The van der Waals surface area contributed by atoms with Gasteiger partial charge in [-0.3, -0.25) is 9.36 Å². The summed E-state index contributed by atoms with van der Waals surface area (Å²) in [6.45, 7) is 8.67. The Labute approximate surface area is 350 Å². The minimum absolute atomic E-state index is 0.00973. The number of amides is 1. The fourth-order valence-electron chi connectivity index (χ4n) is 7.03. The molecule has 4 aromatic rings. The normalized spacial score (nSPS) is 18.3. The average Bonchev–Trinajstić information content (AvgIpc) is 3.54. The summed E-state index contributed by atoms with van der Waals surface area (Å²) in [7, 11) is 2.22. The number of nitrogens with one attached hydrogen (secondary N) is 1. The third-order valence-electron chi connectivity index (χ3n) is 9.70. The second-order valence-corrected chi connectivity index (χ2v) is 15.7. The maximum absolute atomic E-state index is 17.4. The third-order valence-corrected chi connectivity index (χ3v) is 11.8. The number of nitriles is 1. The minimum Gasteiger partial charge on any atom is -0.497 e. The summed E-state index contributed by atoms with van der Waals surface area (Å²) >= 11 is 0. The zero-order valence-corrected chi connectivity index (χ0v) is 35.8. The molecule has 17 heteroatoms. The van der Waals surface area contributed by atoms with Gasteiger partial charge in [0.1, 0.15) is 34.9 Å². The second kappa shape index (κ2) is 20.8. The Kier molecular flexibility index (Phi) is 15.9. The number of methoxy groups -OCH3 is 3. The van der Waals surface area contributed by atoms with Gasteiger partial charge in [0.25, 0.3) is 8.53 Å². The highest BCUT2D eigenvalue weighted by molar-refractivity contribution is 7.44. The van der Waals surface area contributed by atoms with Gasteiger partial charge in [0.2, 0.25) is 5.91 Å². The first-order valence-corrected chi connectivity index (χ1v) is 20.4. The van der Waals surface area contributed by atoms with Crippen molar-refractivity contribution in [2.75, 3.05) is 39.9 Å². The molecule has 60 heavy (non-hydrogen) atoms. The van der Waals surface area contributed by atoms with Crippen LogP contribution in [0.3, 0.4) is 0 Å². The van der Waals surface area contributed by atoms with E-state index in [1.54, 1.807) is 14.2 Å². The second-order valence-electron chi connectivity index (χ2n) is 14.3. The number of aromatic nitrogens is 2. The average molecular weight is 848 g/mol. The van der Waals surface area contributed by atoms with Crippen molar-refractivity contribution in [2.45, 2.75) is 83.3 Å². The first-order chi connectivity index (χ1) is 28.8. The molecule has 1 saturated heterocycles. The number of alkyl halides is 1. The van der Waals surface area contributed by atoms with Gasteiger partial charge < -0.3 is 38.0 Å². The van der Waals surface area contributed by atoms with E-state index in [1.807, 2.05) is 111 Å². The van der Waals surface area contributed by atoms with Crippen LogP contribution in [0, 0.1) is 11.3 Å². The van der Waals surface area contributed by atoms with Gasteiger partial charge in [-0.25, -0.2) is 18.6 Å². The van der Waals surface area contributed by atoms with Gasteiger partial charge in [0.15, 0.2) is 18.2 Å². The first kappa shape index (κ1) is 45.8. The lowest BCUT2D eigenvalue weighted by atomic mass is 9.80. The fourth-order valence-corrected chi connectivity index (χ4v) is 8.80. The molecular formula is C43H51FN5O10P. The minimum atomic E-state index is -2.07. The molecule has 0 radical (unpaired) electrons. The van der Waals surface area contributed by atoms with Crippen molar-refractivity contribution in [3.63, 3.8) is 0 Å². The molecule has 1 amide bonds. The number of nitrogens with zero attached hydrogens (tertiary/aromatic N) is 4. The van der Waals surface area contributed by atoms with Gasteiger partial charge in [-0.2, -0.15) is 10.2 Å². The van der Waals surface area contributed by atoms with Gasteiger partial charge in [-0.1, -0.05) is 54.6 Å². The highest BCUT2D eigenvalue weighted by atomic mass is 31.2. The van der Waals surface area contributed by atoms with E-state index in [-0.39, 0.29) is 43.1 Å². The molecule has 1 aliphatic heterocycles.